The third kappa shape index (κ3) is 12.5. The molecule has 0 saturated heterocycles. The van der Waals surface area contributed by atoms with E-state index in [4.69, 9.17) is 49.5 Å². The van der Waals surface area contributed by atoms with Crippen LogP contribution in [0.4, 0.5) is 0 Å². The Bertz CT molecular complexity index is 5100. The molecule has 524 valence electrons. The van der Waals surface area contributed by atoms with E-state index in [0.29, 0.717) is 34.5 Å². The number of benzene rings is 9. The van der Waals surface area contributed by atoms with Crippen LogP contribution < -0.4 is 37.9 Å². The molecule has 0 bridgehead atoms. The Kier molecular flexibility index (Phi) is 19.4. The summed E-state index contributed by atoms with van der Waals surface area (Å²) in [5.74, 6) is 6.57. The molecule has 15 nitrogen and oxygen atoms in total. The van der Waals surface area contributed by atoms with E-state index in [-0.39, 0.29) is 29.2 Å². The van der Waals surface area contributed by atoms with Gasteiger partial charge in [0, 0.05) is 99.1 Å². The Balaban J connectivity index is 0.000000110. The van der Waals surface area contributed by atoms with Crippen molar-refractivity contribution >= 4 is 38.9 Å². The highest BCUT2D eigenvalue weighted by Crippen LogP contribution is 2.55. The smallest absolute Gasteiger partial charge is 0.212 e. The zero-order valence-electron chi connectivity index (χ0n) is 60.1. The van der Waals surface area contributed by atoms with Crippen molar-refractivity contribution in [1.82, 2.24) is 19.8 Å². The molecule has 0 spiro atoms. The lowest BCUT2D eigenvalue weighted by Crippen LogP contribution is -2.35. The van der Waals surface area contributed by atoms with Crippen LogP contribution in [0.25, 0.3) is 66.1 Å². The minimum Gasteiger partial charge on any atom is -0.504 e. The Morgan fingerprint density at radius 1 is 0.476 bits per heavy atom. The quantitative estimate of drug-likeness (QED) is 0.140. The second kappa shape index (κ2) is 28.9. The number of likely N-dealkylation sites (N-methyl/N-ethyl adjacent to an activating group) is 2. The highest BCUT2D eigenvalue weighted by Gasteiger charge is 2.39. The van der Waals surface area contributed by atoms with Crippen LogP contribution in [0.15, 0.2) is 175 Å². The highest BCUT2D eigenvalue weighted by molar-refractivity contribution is 6.31. The molecule has 2 N–H and O–H groups in total. The number of pyridine rings is 2. The Morgan fingerprint density at radius 3 is 1.63 bits per heavy atom. The monoisotopic (exact) mass is 1390 g/mol. The van der Waals surface area contributed by atoms with Gasteiger partial charge >= 0.3 is 0 Å². The van der Waals surface area contributed by atoms with Crippen LogP contribution in [0.2, 0.25) is 0 Å². The fourth-order valence-corrected chi connectivity index (χ4v) is 16.4. The summed E-state index contributed by atoms with van der Waals surface area (Å²) >= 11 is 6.01. The van der Waals surface area contributed by atoms with Gasteiger partial charge < -0.3 is 48.1 Å². The molecule has 18 rings (SSSR count). The first kappa shape index (κ1) is 69.3. The van der Waals surface area contributed by atoms with Crippen molar-refractivity contribution in [3.63, 3.8) is 0 Å². The number of phenolic OH excluding ortho intramolecular Hbond substituents is 2. The number of hydrogen-bond acceptors (Lipinski definition) is 15. The van der Waals surface area contributed by atoms with Crippen molar-refractivity contribution < 1.29 is 52.9 Å². The largest absolute Gasteiger partial charge is 0.504 e. The molecule has 0 amide bonds. The molecule has 103 heavy (non-hydrogen) atoms. The lowest BCUT2D eigenvalue weighted by molar-refractivity contribution is 0.103. The number of fused-ring (bicyclic) bond motifs is 8. The lowest BCUT2D eigenvalue weighted by Gasteiger charge is -2.40. The number of halogens is 1. The Hall–Kier alpha value is -10.8. The molecular formula is C87H83ClN4O11. The van der Waals surface area contributed by atoms with E-state index < -0.39 is 0 Å². The van der Waals surface area contributed by atoms with Gasteiger partial charge in [-0.2, -0.15) is 0 Å². The van der Waals surface area contributed by atoms with E-state index in [1.54, 1.807) is 74.2 Å². The Morgan fingerprint density at radius 2 is 1.02 bits per heavy atom. The molecule has 3 unspecified atom stereocenters. The standard InChI is InChI=1S/C21H25NO2.C19H21NO4.C18H13NO3.C18H15NO2.C11H9Cl/c1-12-8-15-10-17-19-14(6-7-22(17)3)9-13(2)21(24-5)20(19)16(15)11-18(12)23-4;1-20-5-4-10-7-15(22)19(24-3)18-12-9-16(23-2)14(21)8-11(12)6-13(20)17(10)18;1-21-11-4-5-12-13(9-11)16-14(22-2)6-3-10-7-8-19-17(15(10)16)18(12)20;1-20-13-5-3-12-9-15-17-11(7-8-19-15)4-6-16(21-2)18(17)14(12)10-13;12-11-8-4-7-10(11)9-5-2-1-3-6-9/h8-9,11,17H,6-7,10H2,1-5H3;7-9,13,21-22H,4-6H2,1-3H3;3-9H,1-2H3;3-8,10H,9H2,1-2H3;1-8,10H. The number of phenols is 2. The third-order valence-electron chi connectivity index (χ3n) is 21.2. The number of hydrogen-bond donors (Lipinski definition) is 2. The number of rotatable bonds is 9. The number of aromatic nitrogens is 2. The number of allylic oxidation sites excluding steroid dienone is 4. The normalized spacial score (nSPS) is 16.3. The summed E-state index contributed by atoms with van der Waals surface area (Å²) in [7, 11) is 17.6. The maximum Gasteiger partial charge on any atom is 0.212 e. The first-order valence-corrected chi connectivity index (χ1v) is 34.9. The van der Waals surface area contributed by atoms with Gasteiger partial charge in [-0.15, -0.1) is 0 Å². The van der Waals surface area contributed by atoms with E-state index >= 15 is 0 Å². The summed E-state index contributed by atoms with van der Waals surface area (Å²) < 4.78 is 44.1. The van der Waals surface area contributed by atoms with Gasteiger partial charge in [0.05, 0.1) is 62.6 Å². The highest BCUT2D eigenvalue weighted by atomic mass is 35.5. The minimum atomic E-state index is -0.0657. The summed E-state index contributed by atoms with van der Waals surface area (Å²) in [6.07, 6.45) is 14.3. The van der Waals surface area contributed by atoms with Crippen molar-refractivity contribution in [2.45, 2.75) is 64.0 Å². The van der Waals surface area contributed by atoms with Crippen molar-refractivity contribution in [3.05, 3.63) is 248 Å². The molecule has 0 radical (unpaired) electrons. The van der Waals surface area contributed by atoms with E-state index in [2.05, 4.69) is 102 Å². The van der Waals surface area contributed by atoms with Crippen molar-refractivity contribution in [2.75, 3.05) is 84.1 Å². The molecule has 7 aliphatic rings. The van der Waals surface area contributed by atoms with Crippen molar-refractivity contribution in [1.29, 1.82) is 0 Å². The minimum absolute atomic E-state index is 0.0657. The van der Waals surface area contributed by atoms with E-state index in [1.165, 1.54) is 84.6 Å². The average molecular weight is 1400 g/mol. The molecule has 5 aliphatic carbocycles. The first-order chi connectivity index (χ1) is 50.0. The molecule has 2 aromatic heterocycles. The van der Waals surface area contributed by atoms with Gasteiger partial charge in [-0.25, -0.2) is 0 Å². The SMILES string of the molecule is COc1cc2c(cc1C)CC1c3c(cc(C)c(OC)c3-2)CCN1C.COc1cc2c(cc1O)CC1c3c(cc(O)c(OC)c3-2)CCN1C.COc1ccc2c(c1)-c1c(OC)ccc3ccnc(c13)C2.COc1ccc2c(c1)-c1c(OC)ccc3ccnc(c13)C2=O.ClC1=CC=CC1c1ccccc1. The second-order valence-corrected chi connectivity index (χ2v) is 27.2. The molecule has 2 aliphatic heterocycles. The second-order valence-electron chi connectivity index (χ2n) is 26.8. The molecule has 0 fully saturated rings. The molecule has 11 aromatic rings. The van der Waals surface area contributed by atoms with Gasteiger partial charge in [-0.05, 0) is 222 Å². The molecule has 3 atom stereocenters. The topological polar surface area (TPSA) is 164 Å². The van der Waals surface area contributed by atoms with E-state index in [9.17, 15) is 15.0 Å². The maximum atomic E-state index is 12.7. The third-order valence-corrected chi connectivity index (χ3v) is 21.6. The van der Waals surface area contributed by atoms with Crippen LogP contribution in [-0.2, 0) is 32.1 Å². The maximum absolute atomic E-state index is 12.7. The van der Waals surface area contributed by atoms with Crippen LogP contribution in [0.5, 0.6) is 57.5 Å². The van der Waals surface area contributed by atoms with Gasteiger partial charge in [-0.1, -0.05) is 84.4 Å². The van der Waals surface area contributed by atoms with Crippen LogP contribution in [0.3, 0.4) is 0 Å². The first-order valence-electron chi connectivity index (χ1n) is 34.5. The predicted octanol–water partition coefficient (Wildman–Crippen LogP) is 17.7. The molecule has 9 aromatic carbocycles. The summed E-state index contributed by atoms with van der Waals surface area (Å²) in [5, 5.41) is 25.7. The molecule has 16 heteroatoms. The fraction of sp³-hybridized carbons (Fsp3) is 0.253. The van der Waals surface area contributed by atoms with Crippen LogP contribution in [-0.4, -0.2) is 120 Å². The zero-order valence-corrected chi connectivity index (χ0v) is 60.8. The number of ketones is 1. The van der Waals surface area contributed by atoms with Gasteiger partial charge in [0.25, 0.3) is 0 Å². The predicted molar refractivity (Wildman–Crippen MR) is 407 cm³/mol. The van der Waals surface area contributed by atoms with Gasteiger partial charge in [0.15, 0.2) is 23.0 Å². The van der Waals surface area contributed by atoms with E-state index in [1.807, 2.05) is 91.1 Å². The number of carbonyl (C=O) groups excluding carboxylic acids is 1. The van der Waals surface area contributed by atoms with Crippen LogP contribution in [0, 0.1) is 13.8 Å². The average Bonchev–Trinajstić information content (AvgIpc) is 1.06. The summed E-state index contributed by atoms with van der Waals surface area (Å²) in [4.78, 5) is 26.4. The molecule has 4 heterocycles. The van der Waals surface area contributed by atoms with Gasteiger partial charge in [0.1, 0.15) is 40.2 Å². The van der Waals surface area contributed by atoms with Gasteiger partial charge in [0.2, 0.25) is 5.78 Å². The summed E-state index contributed by atoms with van der Waals surface area (Å²) in [6.45, 7) is 6.34. The van der Waals surface area contributed by atoms with E-state index in [0.717, 1.165) is 129 Å². The van der Waals surface area contributed by atoms with Crippen molar-refractivity contribution in [2.24, 2.45) is 0 Å². The fourth-order valence-electron chi connectivity index (χ4n) is 16.2. The number of aryl methyl sites for hydroxylation is 2. The lowest BCUT2D eigenvalue weighted by atomic mass is 9.75. The molecule has 0 saturated carbocycles. The number of methoxy groups -OCH3 is 8. The van der Waals surface area contributed by atoms with Crippen molar-refractivity contribution in [3.8, 4) is 102 Å². The Labute approximate surface area is 606 Å². The zero-order chi connectivity index (χ0) is 72.1. The number of carbonyl (C=O) groups is 1. The number of ether oxygens (including phenoxy) is 8. The number of nitrogens with zero attached hydrogens (tertiary/aromatic N) is 4. The summed E-state index contributed by atoms with van der Waals surface area (Å²) in [6, 6.07) is 46.8. The van der Waals surface area contributed by atoms with Gasteiger partial charge in [-0.3, -0.25) is 24.6 Å². The number of aromatic hydroxyl groups is 2. The van der Waals surface area contributed by atoms with Crippen LogP contribution >= 0.6 is 11.6 Å². The summed E-state index contributed by atoms with van der Waals surface area (Å²) in [5.41, 5.74) is 23.4. The van der Waals surface area contributed by atoms with Crippen LogP contribution in [0.1, 0.15) is 95.4 Å². The molecular weight excluding hydrogens is 1310 g/mol.